The fraction of sp³-hybridized carbons (Fsp3) is 0.167. The molecule has 4 heterocycles. The molecule has 250 valence electrons. The van der Waals surface area contributed by atoms with Gasteiger partial charge >= 0.3 is 0 Å². The molecular weight excluding hydrogens is 723 g/mol. The third-order valence-electron chi connectivity index (χ3n) is 7.24. The van der Waals surface area contributed by atoms with Crippen LogP contribution in [0.2, 0.25) is 5.02 Å². The third-order valence-corrected chi connectivity index (χ3v) is 11.8. The molecule has 48 heavy (non-hydrogen) atoms. The number of rotatable bonds is 9. The number of halogens is 2. The van der Waals surface area contributed by atoms with Crippen molar-refractivity contribution in [2.24, 2.45) is 0 Å². The minimum absolute atomic E-state index is 0.0892. The maximum Gasteiger partial charge on any atom is 0.263 e. The van der Waals surface area contributed by atoms with Crippen molar-refractivity contribution >= 4 is 70.5 Å². The molecule has 2 aliphatic heterocycles. The smallest absolute Gasteiger partial charge is 0.263 e. The van der Waals surface area contributed by atoms with Gasteiger partial charge in [-0.2, -0.15) is 0 Å². The van der Waals surface area contributed by atoms with E-state index >= 15 is 0 Å². The molecule has 0 saturated heterocycles. The topological polar surface area (TPSA) is 160 Å². The lowest BCUT2D eigenvalue weighted by molar-refractivity contribution is -0.134. The van der Waals surface area contributed by atoms with Crippen LogP contribution < -0.4 is 19.5 Å². The lowest BCUT2D eigenvalue weighted by Gasteiger charge is -2.16. The van der Waals surface area contributed by atoms with Crippen LogP contribution in [-0.2, 0) is 51.0 Å². The van der Waals surface area contributed by atoms with Crippen molar-refractivity contribution in [3.05, 3.63) is 111 Å². The normalized spacial score (nSPS) is 13.7. The van der Waals surface area contributed by atoms with Gasteiger partial charge in [-0.25, -0.2) is 31.2 Å². The molecule has 3 aromatic carbocycles. The molecule has 0 spiro atoms. The van der Waals surface area contributed by atoms with Gasteiger partial charge in [-0.1, -0.05) is 23.7 Å². The molecule has 18 heteroatoms. The Bertz CT molecular complexity index is 2170. The minimum atomic E-state index is -3.77. The molecule has 3 N–H and O–H groups in total. The zero-order chi connectivity index (χ0) is 33.9. The fourth-order valence-electron chi connectivity index (χ4n) is 4.85. The number of thiazole rings is 2. The molecule has 12 nitrogen and oxygen atoms in total. The van der Waals surface area contributed by atoms with Gasteiger partial charge in [-0.15, -0.1) is 22.7 Å². The second-order valence-corrected chi connectivity index (χ2v) is 16.0. The highest BCUT2D eigenvalue weighted by Crippen LogP contribution is 2.28. The summed E-state index contributed by atoms with van der Waals surface area (Å²) in [6.45, 7) is 1.89. The molecule has 2 aliphatic rings. The number of nitrogens with one attached hydrogen (secondary N) is 3. The Morgan fingerprint density at radius 2 is 1.42 bits per heavy atom. The molecule has 0 unspecified atom stereocenters. The van der Waals surface area contributed by atoms with Crippen molar-refractivity contribution in [2.75, 3.05) is 16.1 Å². The Morgan fingerprint density at radius 3 is 2.02 bits per heavy atom. The Morgan fingerprint density at radius 1 is 0.833 bits per heavy atom. The monoisotopic (exact) mass is 748 g/mol. The Hall–Kier alpha value is -4.13. The Kier molecular flexibility index (Phi) is 9.95. The van der Waals surface area contributed by atoms with E-state index in [1.165, 1.54) is 47.1 Å². The maximum atomic E-state index is 13.2. The molecule has 0 aliphatic carbocycles. The molecule has 0 fully saturated rings. The van der Waals surface area contributed by atoms with Gasteiger partial charge in [0.2, 0.25) is 0 Å². The molecule has 7 rings (SSSR count). The second-order valence-electron chi connectivity index (χ2n) is 10.5. The lowest BCUT2D eigenvalue weighted by atomic mass is 10.1. The lowest BCUT2D eigenvalue weighted by Crippen LogP contribution is -2.30. The molecule has 0 atom stereocenters. The quantitative estimate of drug-likeness (QED) is 0.184. The molecular formula is C30H26ClFN6O6S4. The highest BCUT2D eigenvalue weighted by Gasteiger charge is 2.26. The first-order chi connectivity index (χ1) is 23.0. The van der Waals surface area contributed by atoms with Gasteiger partial charge in [0, 0.05) is 55.4 Å². The first-order valence-corrected chi connectivity index (χ1v) is 19.2. The molecule has 1 amide bonds. The van der Waals surface area contributed by atoms with Crippen molar-refractivity contribution < 1.29 is 30.8 Å². The predicted octanol–water partition coefficient (Wildman–Crippen LogP) is 5.20. The van der Waals surface area contributed by atoms with E-state index in [0.29, 0.717) is 11.7 Å². The van der Waals surface area contributed by atoms with Crippen molar-refractivity contribution in [1.82, 2.24) is 20.2 Å². The van der Waals surface area contributed by atoms with Gasteiger partial charge < -0.3 is 15.0 Å². The fourth-order valence-corrected chi connectivity index (χ4v) is 8.70. The van der Waals surface area contributed by atoms with Gasteiger partial charge in [0.25, 0.3) is 26.0 Å². The average molecular weight is 749 g/mol. The van der Waals surface area contributed by atoms with Crippen molar-refractivity contribution in [3.8, 4) is 5.75 Å². The van der Waals surface area contributed by atoms with E-state index in [2.05, 4.69) is 24.7 Å². The SMILES string of the molecule is O=C(COc1ccc(F)c(Cl)c1)N1Cc2ccc(S(=O)(=O)Nc3nccs3)cc2C1.O=S(=O)(Nc1nccs1)c1ccc2c(c1)CNC2. The van der Waals surface area contributed by atoms with Crippen LogP contribution in [0.4, 0.5) is 14.7 Å². The third kappa shape index (κ3) is 7.94. The van der Waals surface area contributed by atoms with Gasteiger partial charge in [0.05, 0.1) is 14.8 Å². The van der Waals surface area contributed by atoms with E-state index < -0.39 is 25.9 Å². The number of sulfonamides is 2. The number of ether oxygens (including phenoxy) is 1. The number of hydrogen-bond acceptors (Lipinski definition) is 11. The second kappa shape index (κ2) is 14.2. The molecule has 5 aromatic rings. The number of hydrogen-bond donors (Lipinski definition) is 3. The van der Waals surface area contributed by atoms with E-state index in [0.717, 1.165) is 41.4 Å². The summed E-state index contributed by atoms with van der Waals surface area (Å²) in [5, 5.41) is 7.16. The molecule has 0 saturated carbocycles. The summed E-state index contributed by atoms with van der Waals surface area (Å²) in [6, 6.07) is 13.8. The number of nitrogens with zero attached hydrogens (tertiary/aromatic N) is 3. The number of carbonyl (C=O) groups excluding carboxylic acids is 1. The predicted molar refractivity (Wildman–Crippen MR) is 180 cm³/mol. The first kappa shape index (κ1) is 33.8. The van der Waals surface area contributed by atoms with E-state index in [1.807, 2.05) is 6.07 Å². The van der Waals surface area contributed by atoms with Crippen molar-refractivity contribution in [3.63, 3.8) is 0 Å². The van der Waals surface area contributed by atoms with E-state index in [4.69, 9.17) is 16.3 Å². The molecule has 0 radical (unpaired) electrons. The van der Waals surface area contributed by atoms with Crippen molar-refractivity contribution in [1.29, 1.82) is 0 Å². The van der Waals surface area contributed by atoms with Gasteiger partial charge in [-0.3, -0.25) is 14.2 Å². The number of benzene rings is 3. The van der Waals surface area contributed by atoms with Crippen LogP contribution in [0.25, 0.3) is 0 Å². The summed E-state index contributed by atoms with van der Waals surface area (Å²) >= 11 is 8.14. The number of fused-ring (bicyclic) bond motifs is 2. The average Bonchev–Trinajstić information content (AvgIpc) is 3.89. The standard InChI is InChI=1S/C19H15ClFN3O4S2.C11H11N3O2S2/c20-16-8-14(2-4-17(16)21)28-11-18(25)24-9-12-1-3-15(7-13(12)10-24)30(26,27)23-19-22-5-6-29-19;15-18(16,14-11-13-3-4-17-11)10-2-1-8-6-12-7-9(8)5-10/h1-8H,9-11H2,(H,22,23);1-5,12H,6-7H2,(H,13,14). The molecule has 2 aromatic heterocycles. The van der Waals surface area contributed by atoms with Crippen LogP contribution in [0.1, 0.15) is 22.3 Å². The highest BCUT2D eigenvalue weighted by molar-refractivity contribution is 7.93. The van der Waals surface area contributed by atoms with Crippen LogP contribution in [0.5, 0.6) is 5.75 Å². The maximum absolute atomic E-state index is 13.2. The van der Waals surface area contributed by atoms with E-state index in [9.17, 15) is 26.0 Å². The number of aromatic nitrogens is 2. The summed E-state index contributed by atoms with van der Waals surface area (Å²) in [6.07, 6.45) is 3.08. The summed E-state index contributed by atoms with van der Waals surface area (Å²) in [5.41, 5.74) is 3.80. The molecule has 0 bridgehead atoms. The van der Waals surface area contributed by atoms with E-state index in [-0.39, 0.29) is 44.8 Å². The largest absolute Gasteiger partial charge is 0.484 e. The van der Waals surface area contributed by atoms with Crippen LogP contribution in [0, 0.1) is 5.82 Å². The summed E-state index contributed by atoms with van der Waals surface area (Å²) in [7, 11) is -7.30. The van der Waals surface area contributed by atoms with Crippen LogP contribution >= 0.6 is 34.3 Å². The van der Waals surface area contributed by atoms with E-state index in [1.54, 1.807) is 46.1 Å². The van der Waals surface area contributed by atoms with Gasteiger partial charge in [0.1, 0.15) is 11.6 Å². The number of amides is 1. The highest BCUT2D eigenvalue weighted by atomic mass is 35.5. The minimum Gasteiger partial charge on any atom is -0.484 e. The van der Waals surface area contributed by atoms with Gasteiger partial charge in [0.15, 0.2) is 16.9 Å². The Balaban J connectivity index is 0.000000189. The summed E-state index contributed by atoms with van der Waals surface area (Å²) in [5.74, 6) is -0.564. The van der Waals surface area contributed by atoms with Crippen LogP contribution in [0.3, 0.4) is 0 Å². The van der Waals surface area contributed by atoms with Gasteiger partial charge in [-0.05, 0) is 58.7 Å². The Labute approximate surface area is 288 Å². The first-order valence-electron chi connectivity index (χ1n) is 14.1. The number of anilines is 2. The van der Waals surface area contributed by atoms with Crippen LogP contribution in [-0.4, -0.2) is 44.2 Å². The summed E-state index contributed by atoms with van der Waals surface area (Å²) < 4.78 is 72.9. The number of carbonyl (C=O) groups is 1. The van der Waals surface area contributed by atoms with Crippen molar-refractivity contribution in [2.45, 2.75) is 36.0 Å². The van der Waals surface area contributed by atoms with Crippen LogP contribution in [0.15, 0.2) is 87.5 Å². The zero-order valence-electron chi connectivity index (χ0n) is 24.7. The summed E-state index contributed by atoms with van der Waals surface area (Å²) in [4.78, 5) is 22.3. The zero-order valence-corrected chi connectivity index (χ0v) is 28.7.